The highest BCUT2D eigenvalue weighted by atomic mass is 35.5. The predicted octanol–water partition coefficient (Wildman–Crippen LogP) is 2.40. The van der Waals surface area contributed by atoms with E-state index in [1.807, 2.05) is 12.1 Å². The molecule has 0 radical (unpaired) electrons. The highest BCUT2D eigenvalue weighted by molar-refractivity contribution is 6.29. The van der Waals surface area contributed by atoms with Crippen molar-refractivity contribution in [1.82, 2.24) is 14.9 Å². The first-order valence-corrected chi connectivity index (χ1v) is 5.80. The molecule has 0 bridgehead atoms. The summed E-state index contributed by atoms with van der Waals surface area (Å²) in [5.41, 5.74) is 1.51. The zero-order valence-corrected chi connectivity index (χ0v) is 10.6. The van der Waals surface area contributed by atoms with Crippen LogP contribution in [0.25, 0.3) is 0 Å². The van der Waals surface area contributed by atoms with Crippen LogP contribution in [0.1, 0.15) is 15.9 Å². The number of rotatable bonds is 3. The van der Waals surface area contributed by atoms with Crippen molar-refractivity contribution in [3.8, 4) is 0 Å². The van der Waals surface area contributed by atoms with Crippen LogP contribution in [0.5, 0.6) is 0 Å². The number of aromatic nitrogens is 2. The van der Waals surface area contributed by atoms with E-state index in [4.69, 9.17) is 11.6 Å². The van der Waals surface area contributed by atoms with E-state index in [1.165, 1.54) is 6.20 Å². The van der Waals surface area contributed by atoms with E-state index in [0.29, 0.717) is 17.3 Å². The van der Waals surface area contributed by atoms with Gasteiger partial charge in [0, 0.05) is 37.7 Å². The maximum absolute atomic E-state index is 12.1. The summed E-state index contributed by atoms with van der Waals surface area (Å²) >= 11 is 5.76. The van der Waals surface area contributed by atoms with Gasteiger partial charge in [-0.25, -0.2) is 4.98 Å². The van der Waals surface area contributed by atoms with Crippen molar-refractivity contribution in [1.29, 1.82) is 0 Å². The molecular weight excluding hydrogens is 250 g/mol. The van der Waals surface area contributed by atoms with Gasteiger partial charge in [0.15, 0.2) is 0 Å². The van der Waals surface area contributed by atoms with E-state index in [0.717, 1.165) is 5.56 Å². The van der Waals surface area contributed by atoms with E-state index >= 15 is 0 Å². The summed E-state index contributed by atoms with van der Waals surface area (Å²) in [5, 5.41) is 0.315. The summed E-state index contributed by atoms with van der Waals surface area (Å²) in [7, 11) is 1.74. The molecule has 0 unspecified atom stereocenters. The van der Waals surface area contributed by atoms with Crippen LogP contribution in [0.4, 0.5) is 0 Å². The molecule has 2 aromatic rings. The van der Waals surface area contributed by atoms with Gasteiger partial charge >= 0.3 is 0 Å². The molecule has 2 heterocycles. The third kappa shape index (κ3) is 3.05. The highest BCUT2D eigenvalue weighted by Crippen LogP contribution is 2.11. The number of nitrogens with zero attached hydrogens (tertiary/aromatic N) is 3. The Morgan fingerprint density at radius 3 is 2.89 bits per heavy atom. The van der Waals surface area contributed by atoms with Gasteiger partial charge in [0.05, 0.1) is 0 Å². The lowest BCUT2D eigenvalue weighted by atomic mass is 10.2. The van der Waals surface area contributed by atoms with Crippen molar-refractivity contribution in [3.05, 3.63) is 59.1 Å². The quantitative estimate of drug-likeness (QED) is 0.797. The first-order valence-electron chi connectivity index (χ1n) is 5.43. The minimum absolute atomic E-state index is 0.0943. The van der Waals surface area contributed by atoms with E-state index in [2.05, 4.69) is 9.97 Å². The fraction of sp³-hybridized carbons (Fsp3) is 0.154. The maximum Gasteiger partial charge on any atom is 0.254 e. The standard InChI is InChI=1S/C13H12ClN3O/c1-17(9-10-3-2-5-15-8-10)13(18)11-4-6-16-12(14)7-11/h2-8H,9H2,1H3. The van der Waals surface area contributed by atoms with Crippen molar-refractivity contribution < 1.29 is 4.79 Å². The van der Waals surface area contributed by atoms with Crippen LogP contribution in [0.15, 0.2) is 42.9 Å². The Balaban J connectivity index is 2.10. The molecule has 0 aromatic carbocycles. The topological polar surface area (TPSA) is 46.1 Å². The molecule has 5 heteroatoms. The molecule has 92 valence electrons. The van der Waals surface area contributed by atoms with Gasteiger partial charge < -0.3 is 4.90 Å². The van der Waals surface area contributed by atoms with Crippen molar-refractivity contribution in [3.63, 3.8) is 0 Å². The molecule has 18 heavy (non-hydrogen) atoms. The summed E-state index contributed by atoms with van der Waals surface area (Å²) in [5.74, 6) is -0.0943. The van der Waals surface area contributed by atoms with Crippen LogP contribution >= 0.6 is 11.6 Å². The minimum Gasteiger partial charge on any atom is -0.337 e. The Morgan fingerprint density at radius 2 is 2.22 bits per heavy atom. The summed E-state index contributed by atoms with van der Waals surface area (Å²) in [6.45, 7) is 0.507. The van der Waals surface area contributed by atoms with Crippen molar-refractivity contribution in [2.24, 2.45) is 0 Å². The molecule has 0 N–H and O–H groups in total. The van der Waals surface area contributed by atoms with E-state index in [9.17, 15) is 4.79 Å². The Kier molecular flexibility index (Phi) is 3.89. The molecule has 1 amide bonds. The third-order valence-corrected chi connectivity index (χ3v) is 2.67. The predicted molar refractivity (Wildman–Crippen MR) is 69.3 cm³/mol. The van der Waals surface area contributed by atoms with E-state index in [1.54, 1.807) is 36.5 Å². The number of hydrogen-bond acceptors (Lipinski definition) is 3. The third-order valence-electron chi connectivity index (χ3n) is 2.46. The van der Waals surface area contributed by atoms with Crippen LogP contribution in [0, 0.1) is 0 Å². The molecule has 2 aromatic heterocycles. The zero-order valence-electron chi connectivity index (χ0n) is 9.88. The van der Waals surface area contributed by atoms with Gasteiger partial charge in [0.25, 0.3) is 5.91 Å². The summed E-state index contributed by atoms with van der Waals surface area (Å²) in [6.07, 6.45) is 4.96. The molecule has 0 saturated carbocycles. The SMILES string of the molecule is CN(Cc1cccnc1)C(=O)c1ccnc(Cl)c1. The normalized spacial score (nSPS) is 10.1. The van der Waals surface area contributed by atoms with Gasteiger partial charge in [0.2, 0.25) is 0 Å². The van der Waals surface area contributed by atoms with Gasteiger partial charge in [-0.05, 0) is 23.8 Å². The van der Waals surface area contributed by atoms with Gasteiger partial charge in [0.1, 0.15) is 5.15 Å². The Morgan fingerprint density at radius 1 is 1.39 bits per heavy atom. The van der Waals surface area contributed by atoms with Crippen molar-refractivity contribution in [2.45, 2.75) is 6.54 Å². The first kappa shape index (κ1) is 12.5. The number of pyridine rings is 2. The van der Waals surface area contributed by atoms with Gasteiger partial charge in [-0.15, -0.1) is 0 Å². The van der Waals surface area contributed by atoms with E-state index < -0.39 is 0 Å². The lowest BCUT2D eigenvalue weighted by molar-refractivity contribution is 0.0785. The average molecular weight is 262 g/mol. The largest absolute Gasteiger partial charge is 0.337 e. The van der Waals surface area contributed by atoms with Crippen molar-refractivity contribution >= 4 is 17.5 Å². The summed E-state index contributed by atoms with van der Waals surface area (Å²) < 4.78 is 0. The lowest BCUT2D eigenvalue weighted by Gasteiger charge is -2.17. The Labute approximate surface area is 110 Å². The van der Waals surface area contributed by atoms with Gasteiger partial charge in [-0.2, -0.15) is 0 Å². The van der Waals surface area contributed by atoms with Crippen LogP contribution in [0.2, 0.25) is 5.15 Å². The van der Waals surface area contributed by atoms with Crippen LogP contribution in [0.3, 0.4) is 0 Å². The molecule has 2 rings (SSSR count). The van der Waals surface area contributed by atoms with Crippen LogP contribution < -0.4 is 0 Å². The molecule has 0 fully saturated rings. The Hall–Kier alpha value is -1.94. The monoisotopic (exact) mass is 261 g/mol. The number of halogens is 1. The first-order chi connectivity index (χ1) is 8.66. The number of carbonyl (C=O) groups excluding carboxylic acids is 1. The number of carbonyl (C=O) groups is 1. The lowest BCUT2D eigenvalue weighted by Crippen LogP contribution is -2.26. The van der Waals surface area contributed by atoms with Crippen LogP contribution in [-0.4, -0.2) is 27.8 Å². The fourth-order valence-electron chi connectivity index (χ4n) is 1.59. The molecule has 0 spiro atoms. The molecular formula is C13H12ClN3O. The second-order valence-corrected chi connectivity index (χ2v) is 4.28. The van der Waals surface area contributed by atoms with Crippen LogP contribution in [-0.2, 0) is 6.54 Å². The maximum atomic E-state index is 12.1. The van der Waals surface area contributed by atoms with Crippen molar-refractivity contribution in [2.75, 3.05) is 7.05 Å². The Bertz CT molecular complexity index is 545. The van der Waals surface area contributed by atoms with E-state index in [-0.39, 0.29) is 5.91 Å². The number of hydrogen-bond donors (Lipinski definition) is 0. The van der Waals surface area contributed by atoms with Gasteiger partial charge in [-0.3, -0.25) is 9.78 Å². The molecule has 0 aliphatic carbocycles. The zero-order chi connectivity index (χ0) is 13.0. The second kappa shape index (κ2) is 5.60. The highest BCUT2D eigenvalue weighted by Gasteiger charge is 2.12. The summed E-state index contributed by atoms with van der Waals surface area (Å²) in [4.78, 5) is 21.6. The molecule has 0 saturated heterocycles. The minimum atomic E-state index is -0.0943. The number of amides is 1. The van der Waals surface area contributed by atoms with Gasteiger partial charge in [-0.1, -0.05) is 17.7 Å². The molecule has 0 atom stereocenters. The fourth-order valence-corrected chi connectivity index (χ4v) is 1.77. The average Bonchev–Trinajstić information content (AvgIpc) is 2.39. The second-order valence-electron chi connectivity index (χ2n) is 3.89. The smallest absolute Gasteiger partial charge is 0.254 e. The molecule has 0 aliphatic heterocycles. The molecule has 4 nitrogen and oxygen atoms in total. The summed E-state index contributed by atoms with van der Waals surface area (Å²) in [6, 6.07) is 6.98. The molecule has 0 aliphatic rings.